The number of rotatable bonds is 5. The minimum Gasteiger partial charge on any atom is -0.493 e. The zero-order valence-corrected chi connectivity index (χ0v) is 13.7. The molecule has 0 spiro atoms. The second-order valence-corrected chi connectivity index (χ2v) is 6.11. The van der Waals surface area contributed by atoms with E-state index in [9.17, 15) is 0 Å². The maximum atomic E-state index is 6.00. The molecule has 21 heavy (non-hydrogen) atoms. The van der Waals surface area contributed by atoms with Crippen LogP contribution in [0.3, 0.4) is 0 Å². The molecule has 1 N–H and O–H groups in total. The molecule has 0 aromatic heterocycles. The van der Waals surface area contributed by atoms with Crippen LogP contribution in [0.2, 0.25) is 0 Å². The summed E-state index contributed by atoms with van der Waals surface area (Å²) in [5.74, 6) is 1.87. The molecule has 1 heterocycles. The van der Waals surface area contributed by atoms with Gasteiger partial charge < -0.3 is 10.1 Å². The Morgan fingerprint density at radius 2 is 2.14 bits per heavy atom. The first kappa shape index (κ1) is 14.4. The second kappa shape index (κ2) is 6.48. The molecule has 0 amide bonds. The number of nitrogens with one attached hydrogen (secondary N) is 1. The first-order chi connectivity index (χ1) is 10.3. The number of amidine groups is 1. The van der Waals surface area contributed by atoms with Crippen LogP contribution in [-0.4, -0.2) is 25.5 Å². The van der Waals surface area contributed by atoms with Crippen molar-refractivity contribution in [2.24, 2.45) is 4.99 Å². The van der Waals surface area contributed by atoms with E-state index in [2.05, 4.69) is 63.5 Å². The molecule has 0 unspecified atom stereocenters. The third-order valence-electron chi connectivity index (χ3n) is 3.59. The molecule has 0 saturated heterocycles. The summed E-state index contributed by atoms with van der Waals surface area (Å²) in [7, 11) is 0. The van der Waals surface area contributed by atoms with Gasteiger partial charge in [0.1, 0.15) is 11.6 Å². The predicted octanol–water partition coefficient (Wildman–Crippen LogP) is 4.13. The zero-order chi connectivity index (χ0) is 14.7. The standard InChI is InChI=1S/C17H19BrN2O/c1-2-3-8-21-16-11-12-4-5-14(18)9-13(12)10-15(16)17-19-6-7-20-17/h4-5,9-11H,2-3,6-8H2,1H3,(H,19,20). The van der Waals surface area contributed by atoms with Gasteiger partial charge >= 0.3 is 0 Å². The van der Waals surface area contributed by atoms with E-state index >= 15 is 0 Å². The van der Waals surface area contributed by atoms with Crippen LogP contribution in [-0.2, 0) is 0 Å². The lowest BCUT2D eigenvalue weighted by Crippen LogP contribution is -2.20. The number of fused-ring (bicyclic) bond motifs is 1. The molecule has 3 rings (SSSR count). The fourth-order valence-corrected chi connectivity index (χ4v) is 2.84. The highest BCUT2D eigenvalue weighted by molar-refractivity contribution is 9.10. The Balaban J connectivity index is 2.04. The minimum atomic E-state index is 0.749. The average molecular weight is 347 g/mol. The van der Waals surface area contributed by atoms with Gasteiger partial charge in [0.05, 0.1) is 18.7 Å². The van der Waals surface area contributed by atoms with Crippen LogP contribution in [0, 0.1) is 0 Å². The minimum absolute atomic E-state index is 0.749. The normalized spacial score (nSPS) is 14.1. The molecule has 2 aromatic carbocycles. The molecule has 110 valence electrons. The lowest BCUT2D eigenvalue weighted by atomic mass is 10.1. The quantitative estimate of drug-likeness (QED) is 0.825. The zero-order valence-electron chi connectivity index (χ0n) is 12.2. The molecule has 0 bridgehead atoms. The summed E-state index contributed by atoms with van der Waals surface area (Å²) in [6.07, 6.45) is 2.20. The van der Waals surface area contributed by atoms with Gasteiger partial charge in [-0.1, -0.05) is 35.3 Å². The van der Waals surface area contributed by atoms with Gasteiger partial charge in [-0.2, -0.15) is 0 Å². The number of ether oxygens (including phenoxy) is 1. The molecule has 0 aliphatic carbocycles. The summed E-state index contributed by atoms with van der Waals surface area (Å²) < 4.78 is 7.08. The molecule has 0 saturated carbocycles. The van der Waals surface area contributed by atoms with Gasteiger partial charge in [-0.15, -0.1) is 0 Å². The lowest BCUT2D eigenvalue weighted by Gasteiger charge is -2.13. The first-order valence-corrected chi connectivity index (χ1v) is 8.22. The van der Waals surface area contributed by atoms with Crippen molar-refractivity contribution in [2.45, 2.75) is 19.8 Å². The van der Waals surface area contributed by atoms with Crippen molar-refractivity contribution in [2.75, 3.05) is 19.7 Å². The van der Waals surface area contributed by atoms with Crippen molar-refractivity contribution >= 4 is 32.5 Å². The van der Waals surface area contributed by atoms with Crippen molar-refractivity contribution in [3.05, 3.63) is 40.4 Å². The molecular formula is C17H19BrN2O. The van der Waals surface area contributed by atoms with Gasteiger partial charge in [-0.05, 0) is 41.5 Å². The van der Waals surface area contributed by atoms with Crippen LogP contribution in [0.25, 0.3) is 10.8 Å². The molecule has 1 aliphatic rings. The van der Waals surface area contributed by atoms with Gasteiger partial charge in [0.25, 0.3) is 0 Å². The largest absolute Gasteiger partial charge is 0.493 e. The Morgan fingerprint density at radius 1 is 1.24 bits per heavy atom. The van der Waals surface area contributed by atoms with Crippen LogP contribution in [0.5, 0.6) is 5.75 Å². The maximum absolute atomic E-state index is 6.00. The predicted molar refractivity (Wildman–Crippen MR) is 91.5 cm³/mol. The molecule has 2 aromatic rings. The van der Waals surface area contributed by atoms with E-state index in [-0.39, 0.29) is 0 Å². The van der Waals surface area contributed by atoms with Crippen molar-refractivity contribution in [1.29, 1.82) is 0 Å². The van der Waals surface area contributed by atoms with Crippen LogP contribution in [0.1, 0.15) is 25.3 Å². The number of unbranched alkanes of at least 4 members (excludes halogenated alkanes) is 1. The monoisotopic (exact) mass is 346 g/mol. The summed E-state index contributed by atoms with van der Waals surface area (Å²) in [6.45, 7) is 4.66. The van der Waals surface area contributed by atoms with Gasteiger partial charge in [-0.25, -0.2) is 0 Å². The fourth-order valence-electron chi connectivity index (χ4n) is 2.46. The van der Waals surface area contributed by atoms with Crippen LogP contribution in [0.4, 0.5) is 0 Å². The third kappa shape index (κ3) is 3.21. The first-order valence-electron chi connectivity index (χ1n) is 7.43. The van der Waals surface area contributed by atoms with Gasteiger partial charge in [0.15, 0.2) is 0 Å². The molecule has 0 atom stereocenters. The van der Waals surface area contributed by atoms with Crippen LogP contribution >= 0.6 is 15.9 Å². The number of halogens is 1. The van der Waals surface area contributed by atoms with Crippen molar-refractivity contribution in [3.63, 3.8) is 0 Å². The molecular weight excluding hydrogens is 328 g/mol. The van der Waals surface area contributed by atoms with E-state index < -0.39 is 0 Å². The smallest absolute Gasteiger partial charge is 0.132 e. The van der Waals surface area contributed by atoms with Crippen LogP contribution in [0.15, 0.2) is 39.8 Å². The highest BCUT2D eigenvalue weighted by Gasteiger charge is 2.15. The van der Waals surface area contributed by atoms with Crippen molar-refractivity contribution < 1.29 is 4.74 Å². The van der Waals surface area contributed by atoms with Crippen molar-refractivity contribution in [1.82, 2.24) is 5.32 Å². The topological polar surface area (TPSA) is 33.6 Å². The highest BCUT2D eigenvalue weighted by atomic mass is 79.9. The Hall–Kier alpha value is -1.55. The summed E-state index contributed by atoms with van der Waals surface area (Å²) in [4.78, 5) is 4.54. The average Bonchev–Trinajstić information content (AvgIpc) is 3.01. The van der Waals surface area contributed by atoms with Crippen LogP contribution < -0.4 is 10.1 Å². The van der Waals surface area contributed by atoms with E-state index in [1.165, 1.54) is 10.8 Å². The Kier molecular flexibility index (Phi) is 4.44. The summed E-state index contributed by atoms with van der Waals surface area (Å²) in [6, 6.07) is 10.6. The molecule has 0 radical (unpaired) electrons. The van der Waals surface area contributed by atoms with E-state index in [0.717, 1.165) is 54.2 Å². The fraction of sp³-hybridized carbons (Fsp3) is 0.353. The van der Waals surface area contributed by atoms with Gasteiger partial charge in [0, 0.05) is 11.0 Å². The molecule has 0 fully saturated rings. The van der Waals surface area contributed by atoms with Gasteiger partial charge in [0.2, 0.25) is 0 Å². The summed E-state index contributed by atoms with van der Waals surface area (Å²) in [5.41, 5.74) is 1.06. The Morgan fingerprint density at radius 3 is 2.90 bits per heavy atom. The third-order valence-corrected chi connectivity index (χ3v) is 4.08. The lowest BCUT2D eigenvalue weighted by molar-refractivity contribution is 0.309. The molecule has 3 nitrogen and oxygen atoms in total. The number of benzene rings is 2. The number of hydrogen-bond donors (Lipinski definition) is 1. The highest BCUT2D eigenvalue weighted by Crippen LogP contribution is 2.29. The number of nitrogens with zero attached hydrogens (tertiary/aromatic N) is 1. The second-order valence-electron chi connectivity index (χ2n) is 5.20. The summed E-state index contributed by atoms with van der Waals surface area (Å²) in [5, 5.41) is 5.72. The van der Waals surface area contributed by atoms with E-state index in [0.29, 0.717) is 0 Å². The van der Waals surface area contributed by atoms with E-state index in [1.54, 1.807) is 0 Å². The Bertz CT molecular complexity index is 682. The Labute approximate surface area is 133 Å². The molecule has 1 aliphatic heterocycles. The maximum Gasteiger partial charge on any atom is 0.132 e. The summed E-state index contributed by atoms with van der Waals surface area (Å²) >= 11 is 3.53. The molecule has 4 heteroatoms. The SMILES string of the molecule is CCCCOc1cc2ccc(Br)cc2cc1C1=NCCN1. The number of hydrogen-bond acceptors (Lipinski definition) is 3. The van der Waals surface area contributed by atoms with Gasteiger partial charge in [-0.3, -0.25) is 4.99 Å². The van der Waals surface area contributed by atoms with E-state index in [4.69, 9.17) is 4.74 Å². The van der Waals surface area contributed by atoms with Crippen molar-refractivity contribution in [3.8, 4) is 5.75 Å². The van der Waals surface area contributed by atoms with E-state index in [1.807, 2.05) is 0 Å². The number of aliphatic imine (C=N–C) groups is 1.